The Labute approximate surface area is 698 Å². The highest BCUT2D eigenvalue weighted by atomic mass is 127. The van der Waals surface area contributed by atoms with Crippen LogP contribution in [0.25, 0.3) is 0 Å². The number of halogens is 17. The molecule has 10 aromatic rings. The zero-order chi connectivity index (χ0) is 78.5. The van der Waals surface area contributed by atoms with E-state index in [-0.39, 0.29) is 39.4 Å². The number of aryl methyl sites for hydroxylation is 1. The summed E-state index contributed by atoms with van der Waals surface area (Å²) < 4.78 is 102. The molecule has 0 unspecified atom stereocenters. The van der Waals surface area contributed by atoms with Crippen LogP contribution >= 0.6 is 184 Å². The zero-order valence-corrected chi connectivity index (χ0v) is 69.5. The third-order valence-electron chi connectivity index (χ3n) is 13.4. The van der Waals surface area contributed by atoms with Crippen molar-refractivity contribution in [2.24, 2.45) is 0 Å². The second-order valence-corrected chi connectivity index (χ2v) is 30.1. The van der Waals surface area contributed by atoms with Crippen molar-refractivity contribution < 1.29 is 85.7 Å². The lowest BCUT2D eigenvalue weighted by molar-refractivity contribution is -0.384. The van der Waals surface area contributed by atoms with Crippen LogP contribution < -0.4 is 54.0 Å². The first-order valence-corrected chi connectivity index (χ1v) is 37.0. The standard InChI is InChI=1S/C14H12ClIN2O2.C13H7BrClF2IN2O2.C13H7BrF3IN2O2.C13H9BrIN3O4.C13H9F2IN2O2/c1-8-2-4-10(14(19)18-20)13(6-8)17-12-5-3-9(16)7-11(12)15;2*14-7-3-5(18)1-2-9(7)19-12-6(13(21)20-22)4-8(15)10(16)11(12)17;14-10-5-7(15)1-4-11(10)16-12-6-8(18(21)22)2-3-9(12)13(19)17-20;14-7-1-3-9(13(19)18-20)12(5-7)17-11-4-2-8(16)6-10(11)15/h2-7,17,20H,1H3,(H,18,19);2*1-4,19,22H,(H,20,21);1-6,16,20H,(H,17,19);1-6,17,20H,(H,18,19). The van der Waals surface area contributed by atoms with Crippen LogP contribution in [0.5, 0.6) is 0 Å². The molecule has 0 aliphatic rings. The Hall–Kier alpha value is -7.07. The molecule has 0 saturated heterocycles. The van der Waals surface area contributed by atoms with E-state index in [1.807, 2.05) is 65.9 Å². The topological polar surface area (TPSA) is 350 Å². The van der Waals surface area contributed by atoms with Crippen molar-refractivity contribution in [1.82, 2.24) is 27.4 Å². The highest BCUT2D eigenvalue weighted by molar-refractivity contribution is 14.1. The van der Waals surface area contributed by atoms with E-state index in [4.69, 9.17) is 49.2 Å². The van der Waals surface area contributed by atoms with Gasteiger partial charge in [0.25, 0.3) is 35.2 Å². The number of hydroxylamine groups is 5. The molecule has 10 rings (SSSR count). The first-order valence-electron chi connectivity index (χ1n) is 28.5. The summed E-state index contributed by atoms with van der Waals surface area (Å²) in [6.07, 6.45) is 0. The highest BCUT2D eigenvalue weighted by Gasteiger charge is 2.26. The smallest absolute Gasteiger partial charge is 0.276 e. The molecule has 554 valence electrons. The number of nitrogens with zero attached hydrogens (tertiary/aromatic N) is 1. The molecule has 0 radical (unpaired) electrons. The van der Waals surface area contributed by atoms with Crippen LogP contribution in [0.1, 0.15) is 57.4 Å². The van der Waals surface area contributed by atoms with Crippen molar-refractivity contribution in [2.75, 3.05) is 26.6 Å². The number of nitro groups is 1. The van der Waals surface area contributed by atoms with Crippen LogP contribution in [0.15, 0.2) is 171 Å². The summed E-state index contributed by atoms with van der Waals surface area (Å²) >= 11 is 32.0. The van der Waals surface area contributed by atoms with Crippen LogP contribution in [0, 0.1) is 75.6 Å². The van der Waals surface area contributed by atoms with E-state index in [1.165, 1.54) is 58.3 Å². The van der Waals surface area contributed by atoms with Gasteiger partial charge in [0.05, 0.1) is 99.7 Å². The highest BCUT2D eigenvalue weighted by Crippen LogP contribution is 2.38. The molecule has 106 heavy (non-hydrogen) atoms. The first kappa shape index (κ1) is 87.8. The summed E-state index contributed by atoms with van der Waals surface area (Å²) in [7, 11) is 0. The van der Waals surface area contributed by atoms with Gasteiger partial charge in [0.15, 0.2) is 29.1 Å². The number of hydrogen-bond acceptors (Lipinski definition) is 17. The summed E-state index contributed by atoms with van der Waals surface area (Å²) in [5.41, 5.74) is 9.55. The third kappa shape index (κ3) is 24.5. The maximum atomic E-state index is 14.1. The maximum Gasteiger partial charge on any atom is 0.276 e. The van der Waals surface area contributed by atoms with Gasteiger partial charge in [-0.1, -0.05) is 29.3 Å². The van der Waals surface area contributed by atoms with E-state index in [0.29, 0.717) is 57.6 Å². The lowest BCUT2D eigenvalue weighted by atomic mass is 10.1. The number of non-ortho nitro benzene ring substituents is 1. The SMILES string of the molecule is Cc1ccc(C(=O)NO)c(Nc2ccc(I)cc2Cl)c1.O=C(NO)c1cc(Cl)c(F)c(F)c1Nc1ccc(I)cc1Br.O=C(NO)c1cc(F)c(F)c(F)c1Nc1ccc(I)cc1Br.O=C(NO)c1ccc(F)cc1Nc1ccc(I)cc1F.O=C(NO)c1ccc([N+](=O)[O-])cc1Nc1ccc(I)cc1Br. The number of carbonyl (C=O) groups excluding carboxylic acids is 5. The van der Waals surface area contributed by atoms with Gasteiger partial charge in [-0.3, -0.25) is 60.1 Å². The van der Waals surface area contributed by atoms with Gasteiger partial charge in [-0.15, -0.1) is 0 Å². The van der Waals surface area contributed by atoms with Gasteiger partial charge >= 0.3 is 0 Å². The Bertz CT molecular complexity index is 4790. The van der Waals surface area contributed by atoms with Gasteiger partial charge in [0, 0.05) is 43.4 Å². The monoisotopic (exact) mass is 2260 g/mol. The van der Waals surface area contributed by atoms with Gasteiger partial charge < -0.3 is 26.6 Å². The minimum Gasteiger partial charge on any atom is -0.354 e. The van der Waals surface area contributed by atoms with Crippen LogP contribution in [0.4, 0.5) is 93.3 Å². The summed E-state index contributed by atoms with van der Waals surface area (Å²) in [4.78, 5) is 68.2. The minimum atomic E-state index is -1.72. The van der Waals surface area contributed by atoms with E-state index in [2.05, 4.69) is 165 Å². The molecule has 0 aromatic heterocycles. The van der Waals surface area contributed by atoms with Crippen molar-refractivity contribution in [2.45, 2.75) is 6.92 Å². The van der Waals surface area contributed by atoms with E-state index < -0.39 is 97.1 Å². The average Bonchev–Trinajstić information content (AvgIpc) is 0.800. The molecule has 0 saturated carbocycles. The number of anilines is 10. The predicted molar refractivity (Wildman–Crippen MR) is 435 cm³/mol. The van der Waals surface area contributed by atoms with Gasteiger partial charge in [-0.25, -0.2) is 58.1 Å². The fourth-order valence-electron chi connectivity index (χ4n) is 8.48. The number of nitro benzene ring substituents is 1. The van der Waals surface area contributed by atoms with Gasteiger partial charge in [-0.05, 0) is 313 Å². The number of rotatable bonds is 16. The van der Waals surface area contributed by atoms with E-state index in [0.717, 1.165) is 42.5 Å². The summed E-state index contributed by atoms with van der Waals surface area (Å²) in [5.74, 6) is -12.9. The molecule has 0 aliphatic heterocycles. The van der Waals surface area contributed by atoms with Crippen LogP contribution in [0.3, 0.4) is 0 Å². The normalized spacial score (nSPS) is 10.3. The lowest BCUT2D eigenvalue weighted by Gasteiger charge is -2.14. The Balaban J connectivity index is 0.000000208. The molecule has 0 aliphatic carbocycles. The minimum absolute atomic E-state index is 0.00755. The second kappa shape index (κ2) is 41.5. The number of amides is 5. The van der Waals surface area contributed by atoms with E-state index in [9.17, 15) is 64.8 Å². The van der Waals surface area contributed by atoms with Crippen molar-refractivity contribution in [3.63, 3.8) is 0 Å². The summed E-state index contributed by atoms with van der Waals surface area (Å²) in [5, 5.41) is 68.3. The van der Waals surface area contributed by atoms with Gasteiger partial charge in [-0.2, -0.15) is 0 Å². The van der Waals surface area contributed by atoms with Crippen molar-refractivity contribution in [1.29, 1.82) is 0 Å². The van der Waals surface area contributed by atoms with E-state index in [1.54, 1.807) is 66.1 Å². The van der Waals surface area contributed by atoms with Crippen LogP contribution in [-0.4, -0.2) is 60.5 Å². The maximum absolute atomic E-state index is 14.1. The van der Waals surface area contributed by atoms with Crippen LogP contribution in [-0.2, 0) is 0 Å². The Morgan fingerprint density at radius 1 is 0.368 bits per heavy atom. The molecule has 23 nitrogen and oxygen atoms in total. The second-order valence-electron chi connectivity index (χ2n) is 20.5. The predicted octanol–water partition coefficient (Wildman–Crippen LogP) is 20.6. The largest absolute Gasteiger partial charge is 0.354 e. The molecule has 0 bridgehead atoms. The molecule has 0 atom stereocenters. The number of hydrogen-bond donors (Lipinski definition) is 15. The fraction of sp³-hybridized carbons (Fsp3) is 0.0152. The van der Waals surface area contributed by atoms with Crippen molar-refractivity contribution in [3.8, 4) is 0 Å². The Kier molecular flexibility index (Phi) is 34.4. The third-order valence-corrected chi connectivity index (χ3v) is 19.3. The molecule has 15 N–H and O–H groups in total. The zero-order valence-electron chi connectivity index (χ0n) is 52.5. The molecule has 5 amide bonds. The Morgan fingerprint density at radius 3 is 1.17 bits per heavy atom. The number of benzene rings is 10. The lowest BCUT2D eigenvalue weighted by Crippen LogP contribution is -2.21. The molecular weight excluding hydrogens is 2220 g/mol. The average molecular weight is 2260 g/mol. The molecule has 40 heteroatoms. The Morgan fingerprint density at radius 2 is 0.726 bits per heavy atom. The van der Waals surface area contributed by atoms with Crippen molar-refractivity contribution >= 4 is 276 Å². The van der Waals surface area contributed by atoms with Gasteiger partial charge in [0.1, 0.15) is 11.6 Å². The molecule has 10 aromatic carbocycles. The number of nitrogens with one attached hydrogen (secondary N) is 10. The van der Waals surface area contributed by atoms with E-state index >= 15 is 0 Å². The summed E-state index contributed by atoms with van der Waals surface area (Å²) in [6, 6.07) is 39.2. The van der Waals surface area contributed by atoms with Crippen molar-refractivity contribution in [3.05, 3.63) is 283 Å². The quantitative estimate of drug-likeness (QED) is 0.0107. The molecule has 0 heterocycles. The number of carbonyl (C=O) groups is 5. The first-order chi connectivity index (χ1) is 50.1. The molecule has 0 fully saturated rings. The van der Waals surface area contributed by atoms with Crippen LogP contribution in [0.2, 0.25) is 10.0 Å². The molecule has 0 spiro atoms. The fourth-order valence-corrected chi connectivity index (χ4v) is 14.2. The van der Waals surface area contributed by atoms with Gasteiger partial charge in [0.2, 0.25) is 0 Å². The summed E-state index contributed by atoms with van der Waals surface area (Å²) in [6.45, 7) is 1.92. The molecular formula is C66H44Br3Cl2F7I5N11O12.